The van der Waals surface area contributed by atoms with Crippen molar-refractivity contribution in [3.63, 3.8) is 0 Å². The van der Waals surface area contributed by atoms with Crippen LogP contribution in [0, 0.1) is 6.92 Å². The van der Waals surface area contributed by atoms with Crippen molar-refractivity contribution in [2.75, 3.05) is 26.2 Å². The molecule has 0 aromatic carbocycles. The van der Waals surface area contributed by atoms with Crippen molar-refractivity contribution in [3.05, 3.63) is 35.5 Å². The fourth-order valence-electron chi connectivity index (χ4n) is 2.91. The van der Waals surface area contributed by atoms with Crippen molar-refractivity contribution >= 4 is 15.9 Å². The van der Waals surface area contributed by atoms with E-state index in [1.807, 2.05) is 13.0 Å². The molecule has 25 heavy (non-hydrogen) atoms. The summed E-state index contributed by atoms with van der Waals surface area (Å²) in [5.74, 6) is 0.110. The van der Waals surface area contributed by atoms with Gasteiger partial charge in [0.1, 0.15) is 10.6 Å². The number of aromatic nitrogens is 2. The predicted molar refractivity (Wildman–Crippen MR) is 89.2 cm³/mol. The third-order valence-electron chi connectivity index (χ3n) is 4.26. The van der Waals surface area contributed by atoms with Gasteiger partial charge < -0.3 is 14.8 Å². The van der Waals surface area contributed by atoms with Gasteiger partial charge in [-0.1, -0.05) is 5.16 Å². The largest absolute Gasteiger partial charge is 0.364 e. The molecule has 0 saturated carbocycles. The number of nitrogens with zero attached hydrogens (tertiary/aromatic N) is 4. The van der Waals surface area contributed by atoms with Crippen LogP contribution in [-0.4, -0.2) is 59.4 Å². The van der Waals surface area contributed by atoms with Crippen LogP contribution in [0.25, 0.3) is 0 Å². The standard InChI is InChI=1S/C15H21N5O4S/c1-11-7-12(24-17-11)9-19-3-5-20(6-4-19)25(22,23)13-8-14(15(16)21)18(2)10-13/h7-8,10H,3-6,9H2,1-2H3,(H2,16,21). The molecule has 3 rings (SSSR count). The van der Waals surface area contributed by atoms with E-state index in [-0.39, 0.29) is 10.6 Å². The Balaban J connectivity index is 1.67. The van der Waals surface area contributed by atoms with Crippen LogP contribution in [0.3, 0.4) is 0 Å². The molecular formula is C15H21N5O4S. The van der Waals surface area contributed by atoms with E-state index in [0.717, 1.165) is 11.5 Å². The van der Waals surface area contributed by atoms with Gasteiger partial charge in [0.15, 0.2) is 5.76 Å². The van der Waals surface area contributed by atoms with Gasteiger partial charge in [-0.15, -0.1) is 0 Å². The van der Waals surface area contributed by atoms with Gasteiger partial charge in [-0.2, -0.15) is 4.31 Å². The van der Waals surface area contributed by atoms with E-state index in [4.69, 9.17) is 10.3 Å². The van der Waals surface area contributed by atoms with Crippen LogP contribution in [0.5, 0.6) is 0 Å². The number of amides is 1. The summed E-state index contributed by atoms with van der Waals surface area (Å²) in [6.07, 6.45) is 1.42. The minimum absolute atomic E-state index is 0.0862. The van der Waals surface area contributed by atoms with Gasteiger partial charge in [0.2, 0.25) is 10.0 Å². The number of hydrogen-bond acceptors (Lipinski definition) is 6. The van der Waals surface area contributed by atoms with E-state index in [0.29, 0.717) is 32.7 Å². The van der Waals surface area contributed by atoms with Gasteiger partial charge in [0.05, 0.1) is 12.2 Å². The molecule has 1 aliphatic heterocycles. The van der Waals surface area contributed by atoms with Crippen LogP contribution < -0.4 is 5.73 Å². The second-order valence-electron chi connectivity index (χ2n) is 6.15. The summed E-state index contributed by atoms with van der Waals surface area (Å²) < 4.78 is 33.6. The van der Waals surface area contributed by atoms with E-state index in [2.05, 4.69) is 10.1 Å². The van der Waals surface area contributed by atoms with E-state index in [1.165, 1.54) is 21.1 Å². The van der Waals surface area contributed by atoms with Gasteiger partial charge in [0.25, 0.3) is 5.91 Å². The number of carbonyl (C=O) groups is 1. The molecule has 10 heteroatoms. The third kappa shape index (κ3) is 3.60. The molecule has 136 valence electrons. The highest BCUT2D eigenvalue weighted by molar-refractivity contribution is 7.89. The Labute approximate surface area is 146 Å². The van der Waals surface area contributed by atoms with Crippen molar-refractivity contribution in [2.45, 2.75) is 18.4 Å². The van der Waals surface area contributed by atoms with Gasteiger partial charge in [-0.3, -0.25) is 9.69 Å². The second-order valence-corrected chi connectivity index (χ2v) is 8.09. The summed E-state index contributed by atoms with van der Waals surface area (Å²) >= 11 is 0. The summed E-state index contributed by atoms with van der Waals surface area (Å²) in [6.45, 7) is 4.39. The van der Waals surface area contributed by atoms with Gasteiger partial charge in [-0.25, -0.2) is 8.42 Å². The molecule has 0 aliphatic carbocycles. The highest BCUT2D eigenvalue weighted by Crippen LogP contribution is 2.20. The minimum atomic E-state index is -3.65. The number of primary amides is 1. The molecule has 2 aromatic rings. The SMILES string of the molecule is Cc1cc(CN2CCN(S(=O)(=O)c3cc(C(N)=O)n(C)c3)CC2)on1. The van der Waals surface area contributed by atoms with Crippen molar-refractivity contribution in [1.29, 1.82) is 0 Å². The molecule has 3 heterocycles. The zero-order chi connectivity index (χ0) is 18.2. The van der Waals surface area contributed by atoms with Crippen molar-refractivity contribution in [3.8, 4) is 0 Å². The van der Waals surface area contributed by atoms with E-state index in [1.54, 1.807) is 7.05 Å². The average molecular weight is 367 g/mol. The number of hydrogen-bond donors (Lipinski definition) is 1. The lowest BCUT2D eigenvalue weighted by atomic mass is 10.3. The maximum atomic E-state index is 12.8. The summed E-state index contributed by atoms with van der Waals surface area (Å²) in [5, 5.41) is 3.85. The first-order valence-corrected chi connectivity index (χ1v) is 9.32. The molecule has 0 atom stereocenters. The molecule has 0 radical (unpaired) electrons. The van der Waals surface area contributed by atoms with E-state index in [9.17, 15) is 13.2 Å². The first-order valence-electron chi connectivity index (χ1n) is 7.88. The molecule has 1 fully saturated rings. The fraction of sp³-hybridized carbons (Fsp3) is 0.467. The first kappa shape index (κ1) is 17.6. The number of aryl methyl sites for hydroxylation is 2. The lowest BCUT2D eigenvalue weighted by Gasteiger charge is -2.33. The summed E-state index contributed by atoms with van der Waals surface area (Å²) in [7, 11) is -2.05. The molecule has 1 aliphatic rings. The molecular weight excluding hydrogens is 346 g/mol. The average Bonchev–Trinajstić information content (AvgIpc) is 3.14. The number of carbonyl (C=O) groups excluding carboxylic acids is 1. The predicted octanol–water partition coefficient (Wildman–Crippen LogP) is -0.0731. The van der Waals surface area contributed by atoms with Crippen LogP contribution >= 0.6 is 0 Å². The minimum Gasteiger partial charge on any atom is -0.364 e. The highest BCUT2D eigenvalue weighted by atomic mass is 32.2. The fourth-order valence-corrected chi connectivity index (χ4v) is 4.40. The second kappa shape index (κ2) is 6.62. The van der Waals surface area contributed by atoms with Crippen molar-refractivity contribution < 1.29 is 17.7 Å². The number of rotatable bonds is 5. The topological polar surface area (TPSA) is 115 Å². The van der Waals surface area contributed by atoms with Crippen LogP contribution in [0.1, 0.15) is 21.9 Å². The van der Waals surface area contributed by atoms with Crippen molar-refractivity contribution in [2.24, 2.45) is 12.8 Å². The lowest BCUT2D eigenvalue weighted by Crippen LogP contribution is -2.48. The molecule has 0 unspecified atom stereocenters. The van der Waals surface area contributed by atoms with Gasteiger partial charge in [-0.05, 0) is 13.0 Å². The molecule has 2 aromatic heterocycles. The lowest BCUT2D eigenvalue weighted by molar-refractivity contribution is 0.0992. The quantitative estimate of drug-likeness (QED) is 0.791. The van der Waals surface area contributed by atoms with Gasteiger partial charge >= 0.3 is 0 Å². The zero-order valence-corrected chi connectivity index (χ0v) is 15.0. The van der Waals surface area contributed by atoms with Gasteiger partial charge in [0, 0.05) is 45.5 Å². The Morgan fingerprint density at radius 3 is 2.48 bits per heavy atom. The molecule has 1 saturated heterocycles. The number of nitrogens with two attached hydrogens (primary N) is 1. The smallest absolute Gasteiger partial charge is 0.265 e. The number of piperazine rings is 1. The summed E-state index contributed by atoms with van der Waals surface area (Å²) in [5.41, 5.74) is 6.24. The van der Waals surface area contributed by atoms with Crippen LogP contribution in [-0.2, 0) is 23.6 Å². The summed E-state index contributed by atoms with van der Waals surface area (Å²) in [4.78, 5) is 13.5. The Bertz CT molecular complexity index is 878. The Kier molecular flexibility index (Phi) is 4.67. The molecule has 9 nitrogen and oxygen atoms in total. The van der Waals surface area contributed by atoms with E-state index >= 15 is 0 Å². The van der Waals surface area contributed by atoms with E-state index < -0.39 is 15.9 Å². The third-order valence-corrected chi connectivity index (χ3v) is 6.12. The maximum Gasteiger partial charge on any atom is 0.265 e. The number of sulfonamides is 1. The van der Waals surface area contributed by atoms with Crippen LogP contribution in [0.4, 0.5) is 0 Å². The summed E-state index contributed by atoms with van der Waals surface area (Å²) in [6, 6.07) is 3.19. The first-order chi connectivity index (χ1) is 11.8. The molecule has 0 bridgehead atoms. The van der Waals surface area contributed by atoms with Crippen LogP contribution in [0.2, 0.25) is 0 Å². The Morgan fingerprint density at radius 2 is 1.96 bits per heavy atom. The molecule has 2 N–H and O–H groups in total. The maximum absolute atomic E-state index is 12.8. The Hall–Kier alpha value is -2.17. The van der Waals surface area contributed by atoms with Crippen LogP contribution in [0.15, 0.2) is 27.7 Å². The molecule has 0 spiro atoms. The highest BCUT2D eigenvalue weighted by Gasteiger charge is 2.30. The Morgan fingerprint density at radius 1 is 1.28 bits per heavy atom. The monoisotopic (exact) mass is 367 g/mol. The molecule has 1 amide bonds. The normalized spacial score (nSPS) is 17.0. The zero-order valence-electron chi connectivity index (χ0n) is 14.2. The van der Waals surface area contributed by atoms with Crippen molar-refractivity contribution in [1.82, 2.24) is 18.9 Å².